The summed E-state index contributed by atoms with van der Waals surface area (Å²) in [4.78, 5) is 23.5. The zero-order chi connectivity index (χ0) is 13.6. The van der Waals surface area contributed by atoms with E-state index in [-0.39, 0.29) is 29.3 Å². The van der Waals surface area contributed by atoms with Crippen LogP contribution in [0.2, 0.25) is 0 Å². The van der Waals surface area contributed by atoms with Crippen LogP contribution in [-0.2, 0) is 9.53 Å². The van der Waals surface area contributed by atoms with Crippen LogP contribution in [0.5, 0.6) is 5.75 Å². The van der Waals surface area contributed by atoms with Crippen LogP contribution in [0.3, 0.4) is 0 Å². The van der Waals surface area contributed by atoms with Gasteiger partial charge in [0.15, 0.2) is 11.6 Å². The Morgan fingerprint density at radius 1 is 1.32 bits per heavy atom. The fourth-order valence-electron chi connectivity index (χ4n) is 2.30. The number of ketones is 2. The Labute approximate surface area is 109 Å². The van der Waals surface area contributed by atoms with Crippen molar-refractivity contribution in [3.8, 4) is 5.75 Å². The number of hydrogen-bond donors (Lipinski definition) is 2. The Balaban J connectivity index is 1.80. The summed E-state index contributed by atoms with van der Waals surface area (Å²) in [6.45, 7) is 0. The number of ether oxygens (including phenoxy) is 1. The standard InChI is InChI=1S/C14H12O5/c15-9-4-2-1-3-8(9)10(16)5-7-6-11(17)13-14(19-13)12(7)18/h1-4,6,12-15,18H,5H2/t12-,13+,14-/m0/s1. The van der Waals surface area contributed by atoms with E-state index in [1.807, 2.05) is 0 Å². The summed E-state index contributed by atoms with van der Waals surface area (Å²) in [5.74, 6) is -0.657. The van der Waals surface area contributed by atoms with Gasteiger partial charge in [-0.15, -0.1) is 0 Å². The summed E-state index contributed by atoms with van der Waals surface area (Å²) in [6, 6.07) is 6.19. The molecule has 3 atom stereocenters. The topological polar surface area (TPSA) is 87.1 Å². The number of phenolic OH excluding ortho intramolecular Hbond substituents is 1. The molecule has 0 amide bonds. The van der Waals surface area contributed by atoms with E-state index < -0.39 is 18.3 Å². The van der Waals surface area contributed by atoms with Gasteiger partial charge in [0, 0.05) is 6.42 Å². The molecule has 1 aliphatic heterocycles. The predicted molar refractivity (Wildman–Crippen MR) is 64.8 cm³/mol. The van der Waals surface area contributed by atoms with Crippen molar-refractivity contribution in [1.29, 1.82) is 0 Å². The summed E-state index contributed by atoms with van der Waals surface area (Å²) in [5, 5.41) is 19.5. The first kappa shape index (κ1) is 12.1. The SMILES string of the molecule is O=C(CC1=CC(=O)[C@H]2O[C@H]2[C@H]1O)c1ccccc1O. The fraction of sp³-hybridized carbons (Fsp3) is 0.286. The molecule has 1 aliphatic carbocycles. The van der Waals surface area contributed by atoms with Gasteiger partial charge in [-0.25, -0.2) is 0 Å². The monoisotopic (exact) mass is 260 g/mol. The van der Waals surface area contributed by atoms with Gasteiger partial charge in [-0.2, -0.15) is 0 Å². The average molecular weight is 260 g/mol. The second kappa shape index (κ2) is 4.29. The Kier molecular flexibility index (Phi) is 2.73. The smallest absolute Gasteiger partial charge is 0.187 e. The molecule has 2 aliphatic rings. The quantitative estimate of drug-likeness (QED) is 0.614. The predicted octanol–water partition coefficient (Wildman–Crippen LogP) is 0.602. The summed E-state index contributed by atoms with van der Waals surface area (Å²) in [6.07, 6.45) is -0.797. The van der Waals surface area contributed by atoms with Crippen molar-refractivity contribution >= 4 is 11.6 Å². The van der Waals surface area contributed by atoms with Crippen molar-refractivity contribution in [2.45, 2.75) is 24.7 Å². The molecule has 1 saturated heterocycles. The van der Waals surface area contributed by atoms with Crippen molar-refractivity contribution in [1.82, 2.24) is 0 Å². The van der Waals surface area contributed by atoms with Crippen LogP contribution in [0.15, 0.2) is 35.9 Å². The van der Waals surface area contributed by atoms with E-state index in [2.05, 4.69) is 0 Å². The third kappa shape index (κ3) is 2.07. The van der Waals surface area contributed by atoms with Crippen LogP contribution in [0.4, 0.5) is 0 Å². The number of carbonyl (C=O) groups excluding carboxylic acids is 2. The van der Waals surface area contributed by atoms with Crippen molar-refractivity contribution < 1.29 is 24.5 Å². The van der Waals surface area contributed by atoms with E-state index >= 15 is 0 Å². The highest BCUT2D eigenvalue weighted by molar-refractivity contribution is 6.03. The van der Waals surface area contributed by atoms with Crippen molar-refractivity contribution in [2.24, 2.45) is 0 Å². The van der Waals surface area contributed by atoms with Gasteiger partial charge < -0.3 is 14.9 Å². The summed E-state index contributed by atoms with van der Waals surface area (Å²) < 4.78 is 5.03. The summed E-state index contributed by atoms with van der Waals surface area (Å²) in [7, 11) is 0. The number of aromatic hydroxyl groups is 1. The highest BCUT2D eigenvalue weighted by Gasteiger charge is 2.52. The van der Waals surface area contributed by atoms with Crippen molar-refractivity contribution in [3.05, 3.63) is 41.5 Å². The zero-order valence-corrected chi connectivity index (χ0v) is 9.95. The van der Waals surface area contributed by atoms with Crippen LogP contribution in [-0.4, -0.2) is 40.1 Å². The molecule has 5 heteroatoms. The van der Waals surface area contributed by atoms with Crippen LogP contribution in [0.1, 0.15) is 16.8 Å². The maximum Gasteiger partial charge on any atom is 0.187 e. The minimum Gasteiger partial charge on any atom is -0.507 e. The lowest BCUT2D eigenvalue weighted by atomic mass is 9.90. The first-order valence-corrected chi connectivity index (χ1v) is 5.97. The Morgan fingerprint density at radius 2 is 2.05 bits per heavy atom. The summed E-state index contributed by atoms with van der Waals surface area (Å²) >= 11 is 0. The molecule has 0 radical (unpaired) electrons. The maximum atomic E-state index is 12.0. The number of carbonyl (C=O) groups is 2. The largest absolute Gasteiger partial charge is 0.507 e. The molecule has 2 N–H and O–H groups in total. The van der Waals surface area contributed by atoms with Gasteiger partial charge in [0.05, 0.1) is 5.56 Å². The normalized spacial score (nSPS) is 28.6. The third-order valence-electron chi connectivity index (χ3n) is 3.39. The minimum absolute atomic E-state index is 0.100. The second-order valence-electron chi connectivity index (χ2n) is 4.70. The number of Topliss-reactive ketones (excluding diaryl/α,β-unsaturated/α-hetero) is 1. The molecule has 1 aromatic carbocycles. The van der Waals surface area contributed by atoms with Crippen molar-refractivity contribution in [3.63, 3.8) is 0 Å². The summed E-state index contributed by atoms with van der Waals surface area (Å²) in [5.41, 5.74) is 0.527. The molecule has 3 rings (SSSR count). The molecule has 98 valence electrons. The number of rotatable bonds is 3. The van der Waals surface area contributed by atoms with E-state index in [1.54, 1.807) is 12.1 Å². The first-order valence-electron chi connectivity index (χ1n) is 5.97. The van der Waals surface area contributed by atoms with E-state index in [4.69, 9.17) is 4.74 Å². The zero-order valence-electron chi connectivity index (χ0n) is 9.95. The van der Waals surface area contributed by atoms with Crippen LogP contribution in [0.25, 0.3) is 0 Å². The minimum atomic E-state index is -0.919. The van der Waals surface area contributed by atoms with Crippen LogP contribution < -0.4 is 0 Å². The van der Waals surface area contributed by atoms with Gasteiger partial charge in [0.2, 0.25) is 0 Å². The Bertz CT molecular complexity index is 589. The van der Waals surface area contributed by atoms with E-state index in [0.29, 0.717) is 5.57 Å². The number of phenols is 1. The lowest BCUT2D eigenvalue weighted by Crippen LogP contribution is -2.29. The van der Waals surface area contributed by atoms with E-state index in [1.165, 1.54) is 18.2 Å². The number of epoxide rings is 1. The lowest BCUT2D eigenvalue weighted by molar-refractivity contribution is -0.116. The van der Waals surface area contributed by atoms with Gasteiger partial charge in [0.25, 0.3) is 0 Å². The molecular weight excluding hydrogens is 248 g/mol. The maximum absolute atomic E-state index is 12.0. The van der Waals surface area contributed by atoms with Crippen LogP contribution in [0, 0.1) is 0 Å². The van der Waals surface area contributed by atoms with Gasteiger partial charge >= 0.3 is 0 Å². The molecule has 0 bridgehead atoms. The molecule has 5 nitrogen and oxygen atoms in total. The molecule has 0 unspecified atom stereocenters. The molecule has 0 spiro atoms. The van der Waals surface area contributed by atoms with Crippen molar-refractivity contribution in [2.75, 3.05) is 0 Å². The highest BCUT2D eigenvalue weighted by atomic mass is 16.6. The first-order chi connectivity index (χ1) is 9.08. The number of aliphatic hydroxyl groups excluding tert-OH is 1. The van der Waals surface area contributed by atoms with Gasteiger partial charge in [-0.3, -0.25) is 9.59 Å². The molecule has 1 fully saturated rings. The third-order valence-corrected chi connectivity index (χ3v) is 3.39. The van der Waals surface area contributed by atoms with Gasteiger partial charge in [0.1, 0.15) is 24.1 Å². The van der Waals surface area contributed by atoms with Gasteiger partial charge in [-0.05, 0) is 23.8 Å². The van der Waals surface area contributed by atoms with E-state index in [0.717, 1.165) is 0 Å². The Morgan fingerprint density at radius 3 is 2.79 bits per heavy atom. The van der Waals surface area contributed by atoms with Crippen LogP contribution >= 0.6 is 0 Å². The van der Waals surface area contributed by atoms with E-state index in [9.17, 15) is 19.8 Å². The second-order valence-corrected chi connectivity index (χ2v) is 4.70. The molecule has 0 saturated carbocycles. The number of aliphatic hydroxyl groups is 1. The Hall–Kier alpha value is -1.98. The number of para-hydroxylation sites is 1. The average Bonchev–Trinajstić information content (AvgIpc) is 3.17. The number of hydrogen-bond acceptors (Lipinski definition) is 5. The molecular formula is C14H12O5. The molecule has 1 aromatic rings. The highest BCUT2D eigenvalue weighted by Crippen LogP contribution is 2.36. The fourth-order valence-corrected chi connectivity index (χ4v) is 2.30. The van der Waals surface area contributed by atoms with Gasteiger partial charge in [-0.1, -0.05) is 12.1 Å². The molecule has 0 aromatic heterocycles. The lowest BCUT2D eigenvalue weighted by Gasteiger charge is -2.15. The number of benzene rings is 1. The molecule has 1 heterocycles. The molecule has 19 heavy (non-hydrogen) atoms. The number of fused-ring (bicyclic) bond motifs is 1.